The molecule has 0 N–H and O–H groups in total. The van der Waals surface area contributed by atoms with Crippen molar-refractivity contribution in [1.82, 2.24) is 0 Å². The zero-order chi connectivity index (χ0) is 19.4. The van der Waals surface area contributed by atoms with Crippen molar-refractivity contribution in [3.8, 4) is 0 Å². The third-order valence-corrected chi connectivity index (χ3v) is 1.47. The van der Waals surface area contributed by atoms with E-state index < -0.39 is 18.3 Å². The molecule has 1 radical (unpaired) electrons. The second kappa shape index (κ2) is 25.5. The van der Waals surface area contributed by atoms with Gasteiger partial charge < -0.3 is 15.3 Å². The fourth-order valence-corrected chi connectivity index (χ4v) is 0.810. The van der Waals surface area contributed by atoms with Gasteiger partial charge in [-0.1, -0.05) is 48.5 Å². The van der Waals surface area contributed by atoms with Crippen LogP contribution in [0.2, 0.25) is 0 Å². The summed E-state index contributed by atoms with van der Waals surface area (Å²) in [6.45, 7) is 11.7. The molecule has 25 heavy (non-hydrogen) atoms. The predicted molar refractivity (Wildman–Crippen MR) is 97.0 cm³/mol. The van der Waals surface area contributed by atoms with Crippen LogP contribution >= 0.6 is 0 Å². The van der Waals surface area contributed by atoms with Crippen molar-refractivity contribution in [2.75, 3.05) is 0 Å². The first-order chi connectivity index (χ1) is 11.1. The number of allylic oxidation sites excluding steroid dienone is 4. The van der Waals surface area contributed by atoms with Gasteiger partial charge in [-0.25, -0.2) is 12.2 Å². The molecule has 4 heteroatoms. The molecular weight excluding hydrogens is 348 g/mol. The maximum absolute atomic E-state index is 9.53. The van der Waals surface area contributed by atoms with E-state index in [4.69, 9.17) is 0 Å². The summed E-state index contributed by atoms with van der Waals surface area (Å²) >= 11 is 0. The molecule has 0 aromatic heterocycles. The Morgan fingerprint density at radius 1 is 0.840 bits per heavy atom. The molecule has 0 heterocycles. The van der Waals surface area contributed by atoms with Gasteiger partial charge in [0.25, 0.3) is 0 Å². The van der Waals surface area contributed by atoms with Crippen LogP contribution in [-0.2, 0) is 21.7 Å². The van der Waals surface area contributed by atoms with E-state index in [2.05, 4.69) is 25.1 Å². The Morgan fingerprint density at radius 2 is 1.20 bits per heavy atom. The first-order valence-electron chi connectivity index (χ1n) is 8.21. The molecule has 0 aliphatic heterocycles. The maximum Gasteiger partial charge on any atom is 3.00 e. The molecule has 0 atom stereocenters. The molecule has 1 aliphatic carbocycles. The first-order valence-corrected chi connectivity index (χ1v) is 8.21. The van der Waals surface area contributed by atoms with E-state index in [9.17, 15) is 15.3 Å². The molecule has 141 valence electrons. The fraction of sp³-hybridized carbons (Fsp3) is 0.524. The summed E-state index contributed by atoms with van der Waals surface area (Å²) in [5.74, 6) is 0. The van der Waals surface area contributed by atoms with Crippen LogP contribution in [0.1, 0.15) is 53.5 Å². The molecule has 0 amide bonds. The van der Waals surface area contributed by atoms with Gasteiger partial charge in [-0.3, -0.25) is 6.08 Å². The van der Waals surface area contributed by atoms with Crippen LogP contribution in [0.15, 0.2) is 42.5 Å². The number of rotatable bonds is 0. The Morgan fingerprint density at radius 3 is 1.32 bits per heavy atom. The summed E-state index contributed by atoms with van der Waals surface area (Å²) in [5.41, 5.74) is 1.29. The summed E-state index contributed by atoms with van der Waals surface area (Å²) < 4.78 is 0. The number of hydrogen-bond donors (Lipinski definition) is 0. The molecule has 1 aromatic rings. The van der Waals surface area contributed by atoms with Crippen LogP contribution in [0.4, 0.5) is 0 Å². The fourth-order valence-electron chi connectivity index (χ4n) is 0.810. The normalized spacial score (nSPS) is 10.3. The van der Waals surface area contributed by atoms with Crippen molar-refractivity contribution in [2.45, 2.75) is 73.2 Å². The second-order valence-electron chi connectivity index (χ2n) is 5.73. The molecule has 0 spiro atoms. The standard InChI is InChI=1S/C7H7.C5H5.3C3H7O.Ti/c1-7-5-3-2-4-6-7;1-2-4-5-3-1;3*1-3(2)4;/h3-6H,1H3;1-3H,4H2;3*3H,1-2H3;/q5*-1;+3. The molecule has 0 bridgehead atoms. The Bertz CT molecular complexity index is 353. The summed E-state index contributed by atoms with van der Waals surface area (Å²) in [5, 5.41) is 28.6. The maximum atomic E-state index is 9.53. The summed E-state index contributed by atoms with van der Waals surface area (Å²) in [4.78, 5) is 0. The molecule has 3 nitrogen and oxygen atoms in total. The number of hydrogen-bond acceptors (Lipinski definition) is 3. The van der Waals surface area contributed by atoms with Crippen molar-refractivity contribution in [3.05, 3.63) is 60.2 Å². The van der Waals surface area contributed by atoms with Gasteiger partial charge in [-0.2, -0.15) is 42.0 Å². The largest absolute Gasteiger partial charge is 3.00 e. The van der Waals surface area contributed by atoms with Gasteiger partial charge in [0.15, 0.2) is 0 Å². The van der Waals surface area contributed by atoms with Crippen LogP contribution in [0.25, 0.3) is 0 Å². The SMILES string of the molecule is CC(C)[O-].CC(C)[O-].CC(C)[O-].Cc1cc[c-]cc1.[C-]1=CC=CC1.[Ti+3]. The summed E-state index contributed by atoms with van der Waals surface area (Å²) in [7, 11) is 0. The Hall–Kier alpha value is -0.706. The molecule has 0 saturated carbocycles. The molecular formula is C21H33O3Ti-2. The second-order valence-corrected chi connectivity index (χ2v) is 5.73. The van der Waals surface area contributed by atoms with Crippen molar-refractivity contribution >= 4 is 0 Å². The molecule has 1 aromatic carbocycles. The van der Waals surface area contributed by atoms with Gasteiger partial charge in [0.2, 0.25) is 0 Å². The van der Waals surface area contributed by atoms with Gasteiger partial charge in [-0.15, -0.1) is 24.7 Å². The van der Waals surface area contributed by atoms with E-state index in [-0.39, 0.29) is 21.7 Å². The Labute approximate surface area is 170 Å². The zero-order valence-electron chi connectivity index (χ0n) is 16.7. The minimum atomic E-state index is -0.417. The van der Waals surface area contributed by atoms with Gasteiger partial charge >= 0.3 is 21.7 Å². The van der Waals surface area contributed by atoms with Crippen LogP contribution in [0.5, 0.6) is 0 Å². The summed E-state index contributed by atoms with van der Waals surface area (Å²) in [6.07, 6.45) is 8.75. The van der Waals surface area contributed by atoms with Crippen molar-refractivity contribution < 1.29 is 37.0 Å². The van der Waals surface area contributed by atoms with Gasteiger partial charge in [0.1, 0.15) is 0 Å². The van der Waals surface area contributed by atoms with Crippen LogP contribution in [0, 0.1) is 19.1 Å². The van der Waals surface area contributed by atoms with Crippen LogP contribution < -0.4 is 15.3 Å². The average molecular weight is 381 g/mol. The molecule has 1 aliphatic rings. The predicted octanol–water partition coefficient (Wildman–Crippen LogP) is 2.36. The van der Waals surface area contributed by atoms with Crippen molar-refractivity contribution in [2.24, 2.45) is 0 Å². The number of benzene rings is 1. The zero-order valence-corrected chi connectivity index (χ0v) is 18.3. The minimum Gasteiger partial charge on any atom is -0.852 e. The van der Waals surface area contributed by atoms with Crippen LogP contribution in [0.3, 0.4) is 0 Å². The molecule has 0 saturated heterocycles. The topological polar surface area (TPSA) is 69.2 Å². The van der Waals surface area contributed by atoms with E-state index in [1.54, 1.807) is 41.5 Å². The van der Waals surface area contributed by atoms with Crippen LogP contribution in [-0.4, -0.2) is 18.3 Å². The monoisotopic (exact) mass is 381 g/mol. The summed E-state index contributed by atoms with van der Waals surface area (Å²) in [6, 6.07) is 10.8. The Balaban J connectivity index is -0.000000112. The van der Waals surface area contributed by atoms with E-state index in [0.29, 0.717) is 0 Å². The average Bonchev–Trinajstić information content (AvgIpc) is 2.96. The third kappa shape index (κ3) is 69.9. The van der Waals surface area contributed by atoms with E-state index in [1.165, 1.54) is 5.56 Å². The Kier molecular flexibility index (Phi) is 32.7. The van der Waals surface area contributed by atoms with E-state index in [1.807, 2.05) is 36.4 Å². The van der Waals surface area contributed by atoms with Gasteiger partial charge in [-0.05, 0) is 0 Å². The smallest absolute Gasteiger partial charge is 0.852 e. The third-order valence-electron chi connectivity index (χ3n) is 1.47. The minimum absolute atomic E-state index is 0. The van der Waals surface area contributed by atoms with E-state index >= 15 is 0 Å². The first kappa shape index (κ1) is 32.0. The van der Waals surface area contributed by atoms with E-state index in [0.717, 1.165) is 6.42 Å². The number of aryl methyl sites for hydroxylation is 1. The quantitative estimate of drug-likeness (QED) is 0.512. The molecule has 2 rings (SSSR count). The molecule has 0 fully saturated rings. The van der Waals surface area contributed by atoms with Gasteiger partial charge in [0, 0.05) is 0 Å². The molecule has 0 unspecified atom stereocenters. The van der Waals surface area contributed by atoms with Gasteiger partial charge in [0.05, 0.1) is 0 Å². The van der Waals surface area contributed by atoms with Crippen molar-refractivity contribution in [1.29, 1.82) is 0 Å². The van der Waals surface area contributed by atoms with Crippen molar-refractivity contribution in [3.63, 3.8) is 0 Å².